The minimum atomic E-state index is -1.10. The molecule has 0 aliphatic carbocycles. The third-order valence-corrected chi connectivity index (χ3v) is 5.82. The first-order chi connectivity index (χ1) is 17.0. The number of ether oxygens (including phenoxy) is 2. The number of fused-ring (bicyclic) bond motifs is 1. The number of carbonyl (C=O) groups is 3. The molecular weight excluding hydrogens is 509 g/mol. The quantitative estimate of drug-likeness (QED) is 0.498. The van der Waals surface area contributed by atoms with Gasteiger partial charge < -0.3 is 30.1 Å². The first kappa shape index (κ1) is 27.6. The van der Waals surface area contributed by atoms with E-state index in [1.165, 1.54) is 4.90 Å². The number of carbonyl (C=O) groups excluding carboxylic acids is 3. The van der Waals surface area contributed by atoms with Crippen molar-refractivity contribution < 1.29 is 29.0 Å². The molecule has 3 rings (SSSR count). The fourth-order valence-corrected chi connectivity index (χ4v) is 4.00. The number of alkyl carbamates (subject to hydrolysis) is 1. The van der Waals surface area contributed by atoms with E-state index in [2.05, 4.69) is 10.6 Å². The Morgan fingerprint density at radius 1 is 1.22 bits per heavy atom. The van der Waals surface area contributed by atoms with Crippen LogP contribution >= 0.6 is 23.2 Å². The van der Waals surface area contributed by atoms with E-state index < -0.39 is 35.6 Å². The predicted molar refractivity (Wildman–Crippen MR) is 137 cm³/mol. The third kappa shape index (κ3) is 7.25. The summed E-state index contributed by atoms with van der Waals surface area (Å²) in [6, 6.07) is 9.52. The number of β-amino-alcohol motifs (C(OH)–C–C–N with tert-alkyl or cyclic N) is 1. The topological polar surface area (TPSA) is 117 Å². The van der Waals surface area contributed by atoms with E-state index in [-0.39, 0.29) is 26.2 Å². The number of anilines is 1. The molecule has 0 fully saturated rings. The minimum absolute atomic E-state index is 0.0115. The maximum absolute atomic E-state index is 13.4. The molecule has 11 heteroatoms. The van der Waals surface area contributed by atoms with Gasteiger partial charge in [0.15, 0.2) is 0 Å². The van der Waals surface area contributed by atoms with Gasteiger partial charge in [0.25, 0.3) is 5.91 Å². The molecule has 2 aromatic carbocycles. The highest BCUT2D eigenvalue weighted by atomic mass is 35.5. The van der Waals surface area contributed by atoms with Gasteiger partial charge in [-0.15, -0.1) is 0 Å². The maximum Gasteiger partial charge on any atom is 0.408 e. The van der Waals surface area contributed by atoms with Crippen molar-refractivity contribution in [1.82, 2.24) is 10.6 Å². The highest BCUT2D eigenvalue weighted by Crippen LogP contribution is 2.33. The molecular formula is C25H29Cl2N3O6. The number of aliphatic hydroxyl groups is 1. The summed E-state index contributed by atoms with van der Waals surface area (Å²) >= 11 is 12.4. The summed E-state index contributed by atoms with van der Waals surface area (Å²) in [4.78, 5) is 40.5. The van der Waals surface area contributed by atoms with Crippen LogP contribution < -0.4 is 20.3 Å². The van der Waals surface area contributed by atoms with Crippen molar-refractivity contribution in [2.45, 2.75) is 44.9 Å². The fraction of sp³-hybridized carbons (Fsp3) is 0.400. The lowest BCUT2D eigenvalue weighted by Crippen LogP contribution is -2.56. The van der Waals surface area contributed by atoms with E-state index in [1.807, 2.05) is 0 Å². The fourth-order valence-electron chi connectivity index (χ4n) is 3.63. The second kappa shape index (κ2) is 11.8. The van der Waals surface area contributed by atoms with Gasteiger partial charge in [-0.05, 0) is 44.5 Å². The van der Waals surface area contributed by atoms with Crippen molar-refractivity contribution in [3.63, 3.8) is 0 Å². The van der Waals surface area contributed by atoms with Crippen molar-refractivity contribution in [2.75, 3.05) is 24.7 Å². The zero-order chi connectivity index (χ0) is 26.5. The number of benzene rings is 2. The molecule has 3 amide bonds. The van der Waals surface area contributed by atoms with Crippen molar-refractivity contribution in [1.29, 1.82) is 0 Å². The number of nitrogens with one attached hydrogen (secondary N) is 2. The normalized spacial score (nSPS) is 16.3. The lowest BCUT2D eigenvalue weighted by Gasteiger charge is -2.26. The Morgan fingerprint density at radius 2 is 1.94 bits per heavy atom. The second-order valence-electron chi connectivity index (χ2n) is 9.19. The van der Waals surface area contributed by atoms with Gasteiger partial charge in [0.05, 0.1) is 12.3 Å². The number of amides is 3. The monoisotopic (exact) mass is 537 g/mol. The molecule has 3 N–H and O–H groups in total. The summed E-state index contributed by atoms with van der Waals surface area (Å²) < 4.78 is 11.1. The van der Waals surface area contributed by atoms with E-state index in [0.29, 0.717) is 27.0 Å². The summed E-state index contributed by atoms with van der Waals surface area (Å²) in [6.45, 7) is 4.63. The van der Waals surface area contributed by atoms with Gasteiger partial charge in [0.2, 0.25) is 5.91 Å². The molecule has 2 aromatic rings. The van der Waals surface area contributed by atoms with Gasteiger partial charge in [0.1, 0.15) is 30.0 Å². The van der Waals surface area contributed by atoms with Crippen LogP contribution in [0, 0.1) is 0 Å². The Labute approximate surface area is 219 Å². The maximum atomic E-state index is 13.4. The molecule has 2 atom stereocenters. The number of nitrogens with zero attached hydrogens (tertiary/aromatic N) is 1. The average molecular weight is 538 g/mol. The van der Waals surface area contributed by atoms with Gasteiger partial charge in [-0.25, -0.2) is 4.79 Å². The van der Waals surface area contributed by atoms with Crippen LogP contribution in [-0.4, -0.2) is 60.5 Å². The van der Waals surface area contributed by atoms with Gasteiger partial charge in [-0.2, -0.15) is 0 Å². The van der Waals surface area contributed by atoms with Gasteiger partial charge in [-0.3, -0.25) is 9.59 Å². The molecule has 1 heterocycles. The molecule has 0 saturated carbocycles. The first-order valence-corrected chi connectivity index (χ1v) is 12.1. The summed E-state index contributed by atoms with van der Waals surface area (Å²) in [7, 11) is 0. The van der Waals surface area contributed by atoms with Gasteiger partial charge in [-0.1, -0.05) is 41.4 Å². The molecule has 0 saturated heterocycles. The van der Waals surface area contributed by atoms with Crippen LogP contribution in [-0.2, 0) is 20.7 Å². The highest BCUT2D eigenvalue weighted by Gasteiger charge is 2.35. The zero-order valence-electron chi connectivity index (χ0n) is 20.2. The number of hydrogen-bond donors (Lipinski definition) is 3. The van der Waals surface area contributed by atoms with Crippen molar-refractivity contribution in [3.05, 3.63) is 58.1 Å². The van der Waals surface area contributed by atoms with Crippen LogP contribution in [0.4, 0.5) is 10.5 Å². The van der Waals surface area contributed by atoms with Crippen LogP contribution in [0.5, 0.6) is 5.75 Å². The van der Waals surface area contributed by atoms with E-state index >= 15 is 0 Å². The molecule has 194 valence electrons. The Kier molecular flexibility index (Phi) is 9.05. The van der Waals surface area contributed by atoms with Gasteiger partial charge in [0, 0.05) is 29.1 Å². The van der Waals surface area contributed by atoms with Crippen LogP contribution in [0.3, 0.4) is 0 Å². The van der Waals surface area contributed by atoms with Crippen LogP contribution in [0.1, 0.15) is 26.3 Å². The summed E-state index contributed by atoms with van der Waals surface area (Å²) in [5, 5.41) is 15.6. The SMILES string of the molecule is CC(C)(C)OC(=O)N[C@H](Cc1ccccc1Cl)C(=O)N[C@@H]1COc2cc(Cl)ccc2N(CCO)C1=O. The van der Waals surface area contributed by atoms with Crippen LogP contribution in [0.2, 0.25) is 10.0 Å². The van der Waals surface area contributed by atoms with E-state index in [4.69, 9.17) is 32.7 Å². The lowest BCUT2D eigenvalue weighted by molar-refractivity contribution is -0.129. The molecule has 0 bridgehead atoms. The molecule has 1 aliphatic heterocycles. The van der Waals surface area contributed by atoms with Gasteiger partial charge >= 0.3 is 6.09 Å². The number of rotatable bonds is 7. The average Bonchev–Trinajstić information content (AvgIpc) is 2.91. The highest BCUT2D eigenvalue weighted by molar-refractivity contribution is 6.31. The predicted octanol–water partition coefficient (Wildman–Crippen LogP) is 3.33. The van der Waals surface area contributed by atoms with Crippen molar-refractivity contribution >= 4 is 46.8 Å². The molecule has 0 spiro atoms. The molecule has 9 nitrogen and oxygen atoms in total. The molecule has 0 unspecified atom stereocenters. The Balaban J connectivity index is 1.83. The van der Waals surface area contributed by atoms with Crippen molar-refractivity contribution in [3.8, 4) is 5.75 Å². The Hall–Kier alpha value is -3.01. The van der Waals surface area contributed by atoms with E-state index in [9.17, 15) is 19.5 Å². The zero-order valence-corrected chi connectivity index (χ0v) is 21.7. The summed E-state index contributed by atoms with van der Waals surface area (Å²) in [6.07, 6.45) is -0.731. The molecule has 0 aromatic heterocycles. The summed E-state index contributed by atoms with van der Waals surface area (Å²) in [5.74, 6) is -0.761. The smallest absolute Gasteiger partial charge is 0.408 e. The van der Waals surface area contributed by atoms with Crippen LogP contribution in [0.15, 0.2) is 42.5 Å². The third-order valence-electron chi connectivity index (χ3n) is 5.21. The molecule has 36 heavy (non-hydrogen) atoms. The molecule has 1 aliphatic rings. The first-order valence-electron chi connectivity index (χ1n) is 11.4. The number of halogens is 2. The number of aliphatic hydroxyl groups excluding tert-OH is 1. The summed E-state index contributed by atoms with van der Waals surface area (Å²) in [5.41, 5.74) is 0.274. The number of hydrogen-bond acceptors (Lipinski definition) is 6. The van der Waals surface area contributed by atoms with E-state index in [0.717, 1.165) is 0 Å². The van der Waals surface area contributed by atoms with E-state index in [1.54, 1.807) is 63.2 Å². The Morgan fingerprint density at radius 3 is 2.61 bits per heavy atom. The standard InChI is InChI=1S/C25H29Cl2N3O6/c1-25(2,3)36-24(34)29-18(12-15-6-4-5-7-17(15)27)22(32)28-19-14-35-21-13-16(26)8-9-20(21)30(10-11-31)23(19)33/h4-9,13,18-19,31H,10-12,14H2,1-3H3,(H,28,32)(H,29,34)/t18-,19-/m1/s1. The van der Waals surface area contributed by atoms with Crippen molar-refractivity contribution in [2.24, 2.45) is 0 Å². The minimum Gasteiger partial charge on any atom is -0.489 e. The Bertz CT molecular complexity index is 1120. The lowest BCUT2D eigenvalue weighted by atomic mass is 10.0. The van der Waals surface area contributed by atoms with Crippen LogP contribution in [0.25, 0.3) is 0 Å². The largest absolute Gasteiger partial charge is 0.489 e. The second-order valence-corrected chi connectivity index (χ2v) is 10.0. The molecule has 0 radical (unpaired) electrons.